The highest BCUT2D eigenvalue weighted by Gasteiger charge is 2.15. The first-order chi connectivity index (χ1) is 10.2. The highest BCUT2D eigenvalue weighted by Crippen LogP contribution is 2.12. The van der Waals surface area contributed by atoms with Gasteiger partial charge in [-0.15, -0.1) is 0 Å². The van der Waals surface area contributed by atoms with Crippen molar-refractivity contribution in [1.82, 2.24) is 9.80 Å². The number of carbonyl (C=O) groups excluding carboxylic acids is 1. The van der Waals surface area contributed by atoms with Gasteiger partial charge in [0.25, 0.3) is 5.91 Å². The van der Waals surface area contributed by atoms with E-state index in [2.05, 4.69) is 17.1 Å². The zero-order valence-corrected chi connectivity index (χ0v) is 13.3. The summed E-state index contributed by atoms with van der Waals surface area (Å²) in [5.41, 5.74) is 1.84. The van der Waals surface area contributed by atoms with Crippen LogP contribution in [0.3, 0.4) is 0 Å². The summed E-state index contributed by atoms with van der Waals surface area (Å²) in [6, 6.07) is 7.79. The zero-order chi connectivity index (χ0) is 15.1. The predicted molar refractivity (Wildman–Crippen MR) is 87.9 cm³/mol. The van der Waals surface area contributed by atoms with Gasteiger partial charge in [0.15, 0.2) is 0 Å². The van der Waals surface area contributed by atoms with Crippen LogP contribution in [-0.2, 0) is 0 Å². The third-order valence-corrected chi connectivity index (χ3v) is 4.01. The molecule has 116 valence electrons. The van der Waals surface area contributed by atoms with E-state index in [1.165, 1.54) is 25.9 Å². The molecule has 1 aliphatic heterocycles. The number of hydrogen-bond acceptors (Lipinski definition) is 3. The molecule has 4 nitrogen and oxygen atoms in total. The molecule has 0 radical (unpaired) electrons. The topological polar surface area (TPSA) is 35.6 Å². The first-order valence-electron chi connectivity index (χ1n) is 8.02. The Hall–Kier alpha value is -1.55. The van der Waals surface area contributed by atoms with Gasteiger partial charge in [0.2, 0.25) is 0 Å². The maximum atomic E-state index is 12.4. The van der Waals surface area contributed by atoms with Crippen molar-refractivity contribution in [3.8, 4) is 0 Å². The average Bonchev–Trinajstić information content (AvgIpc) is 3.04. The summed E-state index contributed by atoms with van der Waals surface area (Å²) in [5, 5.41) is 3.32. The minimum atomic E-state index is 0.108. The summed E-state index contributed by atoms with van der Waals surface area (Å²) in [4.78, 5) is 16.6. The van der Waals surface area contributed by atoms with Crippen LogP contribution in [0.2, 0.25) is 0 Å². The van der Waals surface area contributed by atoms with Crippen LogP contribution in [0.1, 0.15) is 36.5 Å². The Morgan fingerprint density at radius 2 is 1.90 bits per heavy atom. The lowest BCUT2D eigenvalue weighted by Gasteiger charge is -2.21. The van der Waals surface area contributed by atoms with Gasteiger partial charge < -0.3 is 15.1 Å². The van der Waals surface area contributed by atoms with Gasteiger partial charge in [0.1, 0.15) is 0 Å². The Kier molecular flexibility index (Phi) is 6.05. The highest BCUT2D eigenvalue weighted by molar-refractivity contribution is 5.94. The monoisotopic (exact) mass is 289 g/mol. The van der Waals surface area contributed by atoms with Gasteiger partial charge in [-0.25, -0.2) is 0 Å². The molecule has 0 spiro atoms. The smallest absolute Gasteiger partial charge is 0.253 e. The summed E-state index contributed by atoms with van der Waals surface area (Å²) in [6.45, 7) is 7.25. The van der Waals surface area contributed by atoms with Crippen LogP contribution in [0.5, 0.6) is 0 Å². The molecular formula is C17H27N3O. The van der Waals surface area contributed by atoms with Crippen molar-refractivity contribution in [2.45, 2.75) is 26.2 Å². The van der Waals surface area contributed by atoms with Gasteiger partial charge >= 0.3 is 0 Å². The van der Waals surface area contributed by atoms with E-state index in [-0.39, 0.29) is 5.91 Å². The summed E-state index contributed by atoms with van der Waals surface area (Å²) in [7, 11) is 1.89. The van der Waals surface area contributed by atoms with Crippen molar-refractivity contribution in [2.75, 3.05) is 45.1 Å². The Morgan fingerprint density at radius 3 is 2.52 bits per heavy atom. The molecule has 21 heavy (non-hydrogen) atoms. The number of benzene rings is 1. The summed E-state index contributed by atoms with van der Waals surface area (Å²) < 4.78 is 0. The van der Waals surface area contributed by atoms with Crippen LogP contribution in [0.4, 0.5) is 5.69 Å². The fourth-order valence-corrected chi connectivity index (χ4v) is 2.62. The van der Waals surface area contributed by atoms with Crippen LogP contribution in [0.15, 0.2) is 24.3 Å². The Labute approximate surface area is 128 Å². The summed E-state index contributed by atoms with van der Waals surface area (Å²) in [5.74, 6) is 0.108. The van der Waals surface area contributed by atoms with Gasteiger partial charge in [-0.05, 0) is 56.6 Å². The van der Waals surface area contributed by atoms with Crippen LogP contribution < -0.4 is 5.32 Å². The number of likely N-dealkylation sites (tertiary alicyclic amines) is 1. The first kappa shape index (κ1) is 15.8. The first-order valence-corrected chi connectivity index (χ1v) is 8.02. The number of nitrogens with one attached hydrogen (secondary N) is 1. The predicted octanol–water partition coefficient (Wildman–Crippen LogP) is 2.68. The molecule has 1 aromatic carbocycles. The Bertz CT molecular complexity index is 438. The molecule has 2 rings (SSSR count). The second-order valence-corrected chi connectivity index (χ2v) is 5.78. The molecule has 0 atom stereocenters. The summed E-state index contributed by atoms with van der Waals surface area (Å²) in [6.07, 6.45) is 3.69. The van der Waals surface area contributed by atoms with Crippen LogP contribution in [0.25, 0.3) is 0 Å². The van der Waals surface area contributed by atoms with Crippen molar-refractivity contribution in [3.05, 3.63) is 29.8 Å². The largest absolute Gasteiger partial charge is 0.385 e. The number of likely N-dealkylation sites (N-methyl/N-ethyl adjacent to an activating group) is 1. The maximum absolute atomic E-state index is 12.4. The lowest BCUT2D eigenvalue weighted by atomic mass is 10.2. The third kappa shape index (κ3) is 4.74. The molecule has 1 amide bonds. The molecule has 1 saturated heterocycles. The molecule has 4 heteroatoms. The molecule has 0 aliphatic carbocycles. The zero-order valence-electron chi connectivity index (χ0n) is 13.3. The number of anilines is 1. The number of carbonyl (C=O) groups is 1. The molecule has 1 N–H and O–H groups in total. The van der Waals surface area contributed by atoms with Crippen molar-refractivity contribution < 1.29 is 4.79 Å². The third-order valence-electron chi connectivity index (χ3n) is 4.01. The number of hydrogen-bond donors (Lipinski definition) is 1. The molecule has 0 unspecified atom stereocenters. The molecule has 1 aliphatic rings. The van der Waals surface area contributed by atoms with Crippen molar-refractivity contribution in [2.24, 2.45) is 0 Å². The number of nitrogens with zero attached hydrogens (tertiary/aromatic N) is 2. The lowest BCUT2D eigenvalue weighted by Crippen LogP contribution is -2.35. The molecule has 1 aromatic rings. The van der Waals surface area contributed by atoms with Gasteiger partial charge in [-0.1, -0.05) is 6.92 Å². The molecule has 1 fully saturated rings. The Morgan fingerprint density at radius 1 is 1.24 bits per heavy atom. The van der Waals surface area contributed by atoms with Gasteiger partial charge in [0, 0.05) is 37.9 Å². The maximum Gasteiger partial charge on any atom is 0.253 e. The second-order valence-electron chi connectivity index (χ2n) is 5.78. The van der Waals surface area contributed by atoms with Crippen LogP contribution in [0, 0.1) is 0 Å². The fraction of sp³-hybridized carbons (Fsp3) is 0.588. The molecule has 0 bridgehead atoms. The van der Waals surface area contributed by atoms with Crippen molar-refractivity contribution >= 4 is 11.6 Å². The Balaban J connectivity index is 1.83. The molecule has 0 aromatic heterocycles. The number of amides is 1. The van der Waals surface area contributed by atoms with E-state index >= 15 is 0 Å². The average molecular weight is 289 g/mol. The quantitative estimate of drug-likeness (QED) is 0.838. The van der Waals surface area contributed by atoms with Gasteiger partial charge in [-0.3, -0.25) is 4.79 Å². The van der Waals surface area contributed by atoms with Gasteiger partial charge in [0.05, 0.1) is 0 Å². The minimum absolute atomic E-state index is 0.108. The fourth-order valence-electron chi connectivity index (χ4n) is 2.62. The lowest BCUT2D eigenvalue weighted by molar-refractivity contribution is 0.0782. The van der Waals surface area contributed by atoms with Crippen LogP contribution >= 0.6 is 0 Å². The SMILES string of the molecule is CCCNc1ccc(C(=O)N(C)CCN2CCCC2)cc1. The van der Waals surface area contributed by atoms with Crippen molar-refractivity contribution in [3.63, 3.8) is 0 Å². The van der Waals surface area contributed by atoms with Crippen molar-refractivity contribution in [1.29, 1.82) is 0 Å². The van der Waals surface area contributed by atoms with E-state index in [4.69, 9.17) is 0 Å². The van der Waals surface area contributed by atoms with E-state index in [1.54, 1.807) is 0 Å². The number of rotatable bonds is 7. The van der Waals surface area contributed by atoms with Crippen LogP contribution in [-0.4, -0.2) is 55.5 Å². The van der Waals surface area contributed by atoms with E-state index in [0.717, 1.165) is 37.3 Å². The van der Waals surface area contributed by atoms with Gasteiger partial charge in [-0.2, -0.15) is 0 Å². The molecular weight excluding hydrogens is 262 g/mol. The van der Waals surface area contributed by atoms with E-state index in [9.17, 15) is 4.79 Å². The second kappa shape index (κ2) is 8.03. The normalized spacial score (nSPS) is 15.1. The van der Waals surface area contributed by atoms with E-state index < -0.39 is 0 Å². The standard InChI is InChI=1S/C17H27N3O/c1-3-10-18-16-8-6-15(7-9-16)17(21)19(2)13-14-20-11-4-5-12-20/h6-9,18H,3-5,10-14H2,1-2H3. The van der Waals surface area contributed by atoms with E-state index in [0.29, 0.717) is 0 Å². The van der Waals surface area contributed by atoms with E-state index in [1.807, 2.05) is 36.2 Å². The molecule has 0 saturated carbocycles. The summed E-state index contributed by atoms with van der Waals surface area (Å²) >= 11 is 0. The molecule has 1 heterocycles. The highest BCUT2D eigenvalue weighted by atomic mass is 16.2. The minimum Gasteiger partial charge on any atom is -0.385 e.